The van der Waals surface area contributed by atoms with Gasteiger partial charge in [-0.15, -0.1) is 0 Å². The molecule has 2 atom stereocenters. The van der Waals surface area contributed by atoms with Gasteiger partial charge in [0.15, 0.2) is 4.77 Å². The number of hydrogen-bond donors (Lipinski definition) is 1. The van der Waals surface area contributed by atoms with Crippen molar-refractivity contribution < 1.29 is 0 Å². The molecule has 1 N–H and O–H groups in total. The van der Waals surface area contributed by atoms with Gasteiger partial charge in [0.25, 0.3) is 0 Å². The number of para-hydroxylation sites is 1. The molecule has 2 nitrogen and oxygen atoms in total. The van der Waals surface area contributed by atoms with E-state index in [-0.39, 0.29) is 0 Å². The fraction of sp³-hybridized carbons (Fsp3) is 0.533. The highest BCUT2D eigenvalue weighted by atomic mass is 32.1. The lowest BCUT2D eigenvalue weighted by Gasteiger charge is -2.30. The van der Waals surface area contributed by atoms with Crippen LogP contribution in [-0.2, 0) is 0 Å². The van der Waals surface area contributed by atoms with Gasteiger partial charge in [0.05, 0.1) is 11.0 Å². The van der Waals surface area contributed by atoms with Crippen LogP contribution in [0.5, 0.6) is 0 Å². The van der Waals surface area contributed by atoms with Gasteiger partial charge in [0.2, 0.25) is 0 Å². The molecule has 0 saturated heterocycles. The van der Waals surface area contributed by atoms with E-state index in [1.165, 1.54) is 42.3 Å². The van der Waals surface area contributed by atoms with Gasteiger partial charge in [0, 0.05) is 6.04 Å². The fourth-order valence-electron chi connectivity index (χ4n) is 3.35. The van der Waals surface area contributed by atoms with Crippen LogP contribution in [0, 0.1) is 17.6 Å². The summed E-state index contributed by atoms with van der Waals surface area (Å²) in [5.41, 5.74) is 3.80. The molecule has 1 aromatic heterocycles. The molecule has 3 rings (SSSR count). The molecule has 1 saturated carbocycles. The largest absolute Gasteiger partial charge is 0.331 e. The first-order valence-electron chi connectivity index (χ1n) is 6.88. The molecular formula is C15H20N2S. The molecule has 1 aliphatic carbocycles. The third kappa shape index (κ3) is 1.81. The minimum atomic E-state index is 0.570. The molecule has 0 aliphatic heterocycles. The summed E-state index contributed by atoms with van der Waals surface area (Å²) < 4.78 is 3.27. The number of rotatable bonds is 1. The Morgan fingerprint density at radius 1 is 1.28 bits per heavy atom. The van der Waals surface area contributed by atoms with Crippen LogP contribution in [-0.4, -0.2) is 9.55 Å². The maximum absolute atomic E-state index is 5.55. The number of aromatic amines is 1. The molecule has 2 aromatic rings. The predicted molar refractivity (Wildman–Crippen MR) is 78.5 cm³/mol. The van der Waals surface area contributed by atoms with Crippen molar-refractivity contribution in [3.8, 4) is 0 Å². The summed E-state index contributed by atoms with van der Waals surface area (Å²) in [5.74, 6) is 0.726. The fourth-order valence-corrected chi connectivity index (χ4v) is 3.69. The highest BCUT2D eigenvalue weighted by Gasteiger charge is 2.25. The van der Waals surface area contributed by atoms with E-state index >= 15 is 0 Å². The molecule has 1 heterocycles. The van der Waals surface area contributed by atoms with E-state index in [0.29, 0.717) is 6.04 Å². The first-order valence-corrected chi connectivity index (χ1v) is 7.29. The molecule has 1 fully saturated rings. The number of hydrogen-bond acceptors (Lipinski definition) is 1. The van der Waals surface area contributed by atoms with E-state index in [9.17, 15) is 0 Å². The van der Waals surface area contributed by atoms with E-state index < -0.39 is 0 Å². The van der Waals surface area contributed by atoms with E-state index in [1.54, 1.807) is 0 Å². The van der Waals surface area contributed by atoms with Crippen molar-refractivity contribution in [2.45, 2.75) is 45.6 Å². The van der Waals surface area contributed by atoms with Crippen molar-refractivity contribution in [3.05, 3.63) is 28.5 Å². The molecular weight excluding hydrogens is 240 g/mol. The average molecular weight is 260 g/mol. The SMILES string of the molecule is Cc1cccc2[nH]c(=S)n(C3CCCCC3C)c12. The van der Waals surface area contributed by atoms with Crippen molar-refractivity contribution in [2.24, 2.45) is 5.92 Å². The number of aromatic nitrogens is 2. The van der Waals surface area contributed by atoms with Crippen LogP contribution in [0.2, 0.25) is 0 Å². The molecule has 0 amide bonds. The van der Waals surface area contributed by atoms with E-state index in [4.69, 9.17) is 12.2 Å². The topological polar surface area (TPSA) is 20.7 Å². The van der Waals surface area contributed by atoms with Gasteiger partial charge in [-0.1, -0.05) is 31.9 Å². The minimum Gasteiger partial charge on any atom is -0.331 e. The van der Waals surface area contributed by atoms with Gasteiger partial charge in [0.1, 0.15) is 0 Å². The summed E-state index contributed by atoms with van der Waals surface area (Å²) in [6.45, 7) is 4.54. The Kier molecular flexibility index (Phi) is 3.02. The second kappa shape index (κ2) is 4.54. The second-order valence-electron chi connectivity index (χ2n) is 5.60. The summed E-state index contributed by atoms with van der Waals surface area (Å²) >= 11 is 5.55. The molecule has 2 unspecified atom stereocenters. The van der Waals surface area contributed by atoms with Gasteiger partial charge in [-0.05, 0) is 49.5 Å². The van der Waals surface area contributed by atoms with Gasteiger partial charge < -0.3 is 9.55 Å². The lowest BCUT2D eigenvalue weighted by molar-refractivity contribution is 0.260. The summed E-state index contributed by atoms with van der Waals surface area (Å²) in [5, 5.41) is 0. The van der Waals surface area contributed by atoms with Crippen molar-refractivity contribution >= 4 is 23.3 Å². The zero-order chi connectivity index (χ0) is 12.7. The Hall–Kier alpha value is -1.09. The smallest absolute Gasteiger partial charge is 0.178 e. The number of H-pyrrole nitrogens is 1. The minimum absolute atomic E-state index is 0.570. The number of aryl methyl sites for hydroxylation is 1. The van der Waals surface area contributed by atoms with Crippen LogP contribution in [0.4, 0.5) is 0 Å². The van der Waals surface area contributed by atoms with Crippen molar-refractivity contribution in [3.63, 3.8) is 0 Å². The number of imidazole rings is 1. The zero-order valence-electron chi connectivity index (χ0n) is 11.1. The molecule has 3 heteroatoms. The first kappa shape index (κ1) is 12.0. The predicted octanol–water partition coefficient (Wildman–Crippen LogP) is 4.76. The normalized spacial score (nSPS) is 24.6. The monoisotopic (exact) mass is 260 g/mol. The maximum Gasteiger partial charge on any atom is 0.178 e. The quantitative estimate of drug-likeness (QED) is 0.733. The van der Waals surface area contributed by atoms with E-state index in [0.717, 1.165) is 10.7 Å². The highest BCUT2D eigenvalue weighted by molar-refractivity contribution is 7.71. The average Bonchev–Trinajstić information content (AvgIpc) is 2.68. The van der Waals surface area contributed by atoms with E-state index in [1.807, 2.05) is 0 Å². The van der Waals surface area contributed by atoms with Crippen molar-refractivity contribution in [2.75, 3.05) is 0 Å². The Morgan fingerprint density at radius 3 is 2.83 bits per heavy atom. The Bertz CT molecular complexity index is 623. The zero-order valence-corrected chi connectivity index (χ0v) is 11.9. The van der Waals surface area contributed by atoms with Crippen LogP contribution in [0.1, 0.15) is 44.2 Å². The highest BCUT2D eigenvalue weighted by Crippen LogP contribution is 2.36. The Morgan fingerprint density at radius 2 is 2.06 bits per heavy atom. The number of fused-ring (bicyclic) bond motifs is 1. The Labute approximate surface area is 113 Å². The van der Waals surface area contributed by atoms with Gasteiger partial charge >= 0.3 is 0 Å². The summed E-state index contributed by atoms with van der Waals surface area (Å²) in [6.07, 6.45) is 5.28. The standard InChI is InChI=1S/C15H20N2S/c1-10-6-3-4-9-13(10)17-14-11(2)7-5-8-12(14)16-15(17)18/h5,7-8,10,13H,3-4,6,9H2,1-2H3,(H,16,18). The van der Waals surface area contributed by atoms with Crippen LogP contribution in [0.3, 0.4) is 0 Å². The molecule has 18 heavy (non-hydrogen) atoms. The molecule has 1 aromatic carbocycles. The molecule has 0 radical (unpaired) electrons. The molecule has 1 aliphatic rings. The molecule has 0 bridgehead atoms. The maximum atomic E-state index is 5.55. The second-order valence-corrected chi connectivity index (χ2v) is 5.99. The summed E-state index contributed by atoms with van der Waals surface area (Å²) in [6, 6.07) is 6.97. The number of nitrogens with zero attached hydrogens (tertiary/aromatic N) is 1. The lowest BCUT2D eigenvalue weighted by Crippen LogP contribution is -2.21. The van der Waals surface area contributed by atoms with Crippen LogP contribution in [0.15, 0.2) is 18.2 Å². The van der Waals surface area contributed by atoms with E-state index in [2.05, 4.69) is 41.6 Å². The van der Waals surface area contributed by atoms with Gasteiger partial charge in [-0.2, -0.15) is 0 Å². The molecule has 0 spiro atoms. The third-order valence-electron chi connectivity index (χ3n) is 4.34. The van der Waals surface area contributed by atoms with Crippen molar-refractivity contribution in [1.82, 2.24) is 9.55 Å². The van der Waals surface area contributed by atoms with Crippen molar-refractivity contribution in [1.29, 1.82) is 0 Å². The summed E-state index contributed by atoms with van der Waals surface area (Å²) in [7, 11) is 0. The molecule has 96 valence electrons. The Balaban J connectivity index is 2.21. The van der Waals surface area contributed by atoms with Crippen LogP contribution in [0.25, 0.3) is 11.0 Å². The third-order valence-corrected chi connectivity index (χ3v) is 4.64. The first-order chi connectivity index (χ1) is 8.68. The number of nitrogens with one attached hydrogen (secondary N) is 1. The summed E-state index contributed by atoms with van der Waals surface area (Å²) in [4.78, 5) is 3.36. The number of benzene rings is 1. The lowest BCUT2D eigenvalue weighted by atomic mass is 9.85. The van der Waals surface area contributed by atoms with Gasteiger partial charge in [-0.25, -0.2) is 0 Å². The van der Waals surface area contributed by atoms with Crippen LogP contribution < -0.4 is 0 Å². The van der Waals surface area contributed by atoms with Crippen LogP contribution >= 0.6 is 12.2 Å². The van der Waals surface area contributed by atoms with Gasteiger partial charge in [-0.3, -0.25) is 0 Å².